The van der Waals surface area contributed by atoms with E-state index in [1.54, 1.807) is 0 Å². The molecular weight excluding hydrogens is 288 g/mol. The summed E-state index contributed by atoms with van der Waals surface area (Å²) in [6.07, 6.45) is 0. The summed E-state index contributed by atoms with van der Waals surface area (Å²) in [5.41, 5.74) is 11.5. The van der Waals surface area contributed by atoms with Crippen molar-refractivity contribution in [3.63, 3.8) is 0 Å². The van der Waals surface area contributed by atoms with Crippen molar-refractivity contribution in [1.29, 1.82) is 0 Å². The lowest BCUT2D eigenvalue weighted by atomic mass is 10.1. The number of nitrogen functional groups attached to an aromatic ring is 1. The maximum Gasteiger partial charge on any atom is 0.0421 e. The maximum absolute atomic E-state index is 5.92. The van der Waals surface area contributed by atoms with Crippen molar-refractivity contribution in [1.82, 2.24) is 0 Å². The lowest BCUT2D eigenvalue weighted by molar-refractivity contribution is 1.15. The second-order valence-corrected chi connectivity index (χ2v) is 5.27. The van der Waals surface area contributed by atoms with E-state index in [9.17, 15) is 0 Å². The molecule has 0 aliphatic rings. The van der Waals surface area contributed by atoms with E-state index in [1.807, 2.05) is 24.3 Å². The number of anilines is 2. The fourth-order valence-corrected chi connectivity index (χ4v) is 2.17. The van der Waals surface area contributed by atoms with E-state index in [-0.39, 0.29) is 0 Å². The van der Waals surface area contributed by atoms with Gasteiger partial charge in [0.05, 0.1) is 0 Å². The first kappa shape index (κ1) is 13.0. The van der Waals surface area contributed by atoms with E-state index in [2.05, 4.69) is 47.2 Å². The number of rotatable bonds is 3. The predicted octanol–water partition coefficient (Wildman–Crippen LogP) is 4.26. The monoisotopic (exact) mass is 304 g/mol. The number of para-hydroxylation sites is 1. The third kappa shape index (κ3) is 2.85. The number of aryl methyl sites for hydroxylation is 2. The molecule has 94 valence electrons. The summed E-state index contributed by atoms with van der Waals surface area (Å²) >= 11 is 3.57. The normalized spacial score (nSPS) is 10.4. The first-order valence-corrected chi connectivity index (χ1v) is 6.71. The van der Waals surface area contributed by atoms with Crippen LogP contribution in [0.4, 0.5) is 11.4 Å². The summed E-state index contributed by atoms with van der Waals surface area (Å²) in [6, 6.07) is 12.2. The van der Waals surface area contributed by atoms with Gasteiger partial charge in [0, 0.05) is 22.4 Å². The molecule has 0 saturated carbocycles. The predicted molar refractivity (Wildman–Crippen MR) is 81.8 cm³/mol. The Morgan fingerprint density at radius 1 is 1.11 bits per heavy atom. The molecule has 0 bridgehead atoms. The van der Waals surface area contributed by atoms with Gasteiger partial charge in [0.25, 0.3) is 0 Å². The molecule has 0 spiro atoms. The Hall–Kier alpha value is -1.48. The fraction of sp³-hybridized carbons (Fsp3) is 0.200. The van der Waals surface area contributed by atoms with Crippen LogP contribution >= 0.6 is 15.9 Å². The molecule has 0 aliphatic carbocycles. The smallest absolute Gasteiger partial charge is 0.0421 e. The van der Waals surface area contributed by atoms with Crippen molar-refractivity contribution in [3.8, 4) is 0 Å². The summed E-state index contributed by atoms with van der Waals surface area (Å²) in [7, 11) is 0. The summed E-state index contributed by atoms with van der Waals surface area (Å²) in [5.74, 6) is 0. The second-order valence-electron chi connectivity index (χ2n) is 4.48. The van der Waals surface area contributed by atoms with Crippen molar-refractivity contribution in [2.75, 3.05) is 11.1 Å². The van der Waals surface area contributed by atoms with E-state index in [4.69, 9.17) is 5.73 Å². The molecule has 0 aliphatic heterocycles. The number of hydrogen-bond acceptors (Lipinski definition) is 2. The van der Waals surface area contributed by atoms with Crippen molar-refractivity contribution < 1.29 is 0 Å². The molecule has 2 aromatic carbocycles. The Balaban J connectivity index is 2.14. The first-order valence-electron chi connectivity index (χ1n) is 5.92. The average Bonchev–Trinajstić information content (AvgIpc) is 2.35. The fourth-order valence-electron chi connectivity index (χ4n) is 1.94. The molecule has 0 atom stereocenters. The number of benzene rings is 2. The Labute approximate surface area is 116 Å². The van der Waals surface area contributed by atoms with Crippen LogP contribution in [0.3, 0.4) is 0 Å². The van der Waals surface area contributed by atoms with Gasteiger partial charge in [-0.25, -0.2) is 0 Å². The molecule has 2 rings (SSSR count). The van der Waals surface area contributed by atoms with Gasteiger partial charge in [-0.3, -0.25) is 0 Å². The molecule has 0 amide bonds. The molecule has 0 aromatic heterocycles. The van der Waals surface area contributed by atoms with Gasteiger partial charge < -0.3 is 11.1 Å². The molecule has 0 radical (unpaired) electrons. The highest BCUT2D eigenvalue weighted by atomic mass is 79.9. The molecule has 18 heavy (non-hydrogen) atoms. The minimum Gasteiger partial charge on any atom is -0.398 e. The molecule has 0 heterocycles. The van der Waals surface area contributed by atoms with Crippen LogP contribution in [0.25, 0.3) is 0 Å². The number of hydrogen-bond donors (Lipinski definition) is 2. The Morgan fingerprint density at radius 2 is 1.72 bits per heavy atom. The Kier molecular flexibility index (Phi) is 3.92. The van der Waals surface area contributed by atoms with Crippen LogP contribution in [-0.4, -0.2) is 0 Å². The largest absolute Gasteiger partial charge is 0.398 e. The van der Waals surface area contributed by atoms with Crippen molar-refractivity contribution >= 4 is 27.3 Å². The van der Waals surface area contributed by atoms with Crippen LogP contribution in [-0.2, 0) is 6.54 Å². The first-order chi connectivity index (χ1) is 8.58. The maximum atomic E-state index is 5.92. The van der Waals surface area contributed by atoms with E-state index < -0.39 is 0 Å². The summed E-state index contributed by atoms with van der Waals surface area (Å²) in [6.45, 7) is 4.94. The van der Waals surface area contributed by atoms with Gasteiger partial charge in [-0.05, 0) is 48.7 Å². The third-order valence-corrected chi connectivity index (χ3v) is 4.23. The molecule has 3 N–H and O–H groups in total. The Bertz CT molecular complexity index is 541. The zero-order valence-corrected chi connectivity index (χ0v) is 12.2. The molecular formula is C15H17BrN2. The van der Waals surface area contributed by atoms with Crippen LogP contribution in [0.5, 0.6) is 0 Å². The topological polar surface area (TPSA) is 38.0 Å². The summed E-state index contributed by atoms with van der Waals surface area (Å²) in [4.78, 5) is 0. The van der Waals surface area contributed by atoms with E-state index in [0.717, 1.165) is 23.5 Å². The van der Waals surface area contributed by atoms with Crippen LogP contribution in [0, 0.1) is 13.8 Å². The molecule has 0 unspecified atom stereocenters. The van der Waals surface area contributed by atoms with Crippen LogP contribution < -0.4 is 11.1 Å². The molecule has 0 fully saturated rings. The zero-order chi connectivity index (χ0) is 13.1. The van der Waals surface area contributed by atoms with Gasteiger partial charge in [-0.15, -0.1) is 0 Å². The van der Waals surface area contributed by atoms with Crippen molar-refractivity contribution in [2.24, 2.45) is 0 Å². The van der Waals surface area contributed by atoms with Gasteiger partial charge in [0.1, 0.15) is 0 Å². The van der Waals surface area contributed by atoms with E-state index in [1.165, 1.54) is 15.6 Å². The van der Waals surface area contributed by atoms with E-state index >= 15 is 0 Å². The Morgan fingerprint density at radius 3 is 2.33 bits per heavy atom. The van der Waals surface area contributed by atoms with E-state index in [0.29, 0.717) is 0 Å². The lowest BCUT2D eigenvalue weighted by Crippen LogP contribution is -2.03. The average molecular weight is 305 g/mol. The quantitative estimate of drug-likeness (QED) is 0.832. The number of halogens is 1. The third-order valence-electron chi connectivity index (χ3n) is 2.97. The summed E-state index contributed by atoms with van der Waals surface area (Å²) in [5, 5.41) is 3.41. The van der Waals surface area contributed by atoms with Gasteiger partial charge in [0.15, 0.2) is 0 Å². The van der Waals surface area contributed by atoms with Crippen molar-refractivity contribution in [3.05, 3.63) is 57.6 Å². The van der Waals surface area contributed by atoms with Gasteiger partial charge in [-0.1, -0.05) is 34.1 Å². The standard InChI is InChI=1S/C15H17BrN2/c1-10-7-13(8-11(2)15(10)16)18-9-12-5-3-4-6-14(12)17/h3-8,18H,9,17H2,1-2H3. The highest BCUT2D eigenvalue weighted by molar-refractivity contribution is 9.10. The van der Waals surface area contributed by atoms with Crippen molar-refractivity contribution in [2.45, 2.75) is 20.4 Å². The molecule has 3 heteroatoms. The van der Waals surface area contributed by atoms with Gasteiger partial charge in [0.2, 0.25) is 0 Å². The van der Waals surface area contributed by atoms with Gasteiger partial charge >= 0.3 is 0 Å². The molecule has 2 aromatic rings. The lowest BCUT2D eigenvalue weighted by Gasteiger charge is -2.11. The van der Waals surface area contributed by atoms with Crippen LogP contribution in [0.2, 0.25) is 0 Å². The molecule has 2 nitrogen and oxygen atoms in total. The van der Waals surface area contributed by atoms with Gasteiger partial charge in [-0.2, -0.15) is 0 Å². The highest BCUT2D eigenvalue weighted by Gasteiger charge is 2.03. The second kappa shape index (κ2) is 5.44. The minimum absolute atomic E-state index is 0.743. The molecule has 0 saturated heterocycles. The number of nitrogens with one attached hydrogen (secondary N) is 1. The number of nitrogens with two attached hydrogens (primary N) is 1. The zero-order valence-electron chi connectivity index (χ0n) is 10.6. The minimum atomic E-state index is 0.743. The summed E-state index contributed by atoms with van der Waals surface area (Å²) < 4.78 is 1.17. The van der Waals surface area contributed by atoms with Crippen LogP contribution in [0.1, 0.15) is 16.7 Å². The highest BCUT2D eigenvalue weighted by Crippen LogP contribution is 2.25. The van der Waals surface area contributed by atoms with Crippen LogP contribution in [0.15, 0.2) is 40.9 Å². The SMILES string of the molecule is Cc1cc(NCc2ccccc2N)cc(C)c1Br.